The second-order valence-electron chi connectivity index (χ2n) is 5.79. The average Bonchev–Trinajstić information content (AvgIpc) is 2.60. The lowest BCUT2D eigenvalue weighted by atomic mass is 10.0. The molecule has 0 aliphatic heterocycles. The zero-order valence-electron chi connectivity index (χ0n) is 14.2. The van der Waals surface area contributed by atoms with Gasteiger partial charge in [-0.25, -0.2) is 4.79 Å². The Bertz CT molecular complexity index is 685. The number of hydrogen-bond donors (Lipinski definition) is 0. The summed E-state index contributed by atoms with van der Waals surface area (Å²) in [6, 6.07) is 14.2. The van der Waals surface area contributed by atoms with Crippen LogP contribution in [0, 0.1) is 0 Å². The molecule has 0 aromatic heterocycles. The molecule has 0 fully saturated rings. The van der Waals surface area contributed by atoms with Crippen molar-refractivity contribution >= 4 is 11.8 Å². The largest absolute Gasteiger partial charge is 0.482 e. The Hall–Kier alpha value is -2.62. The van der Waals surface area contributed by atoms with Gasteiger partial charge in [0.15, 0.2) is 12.4 Å². The number of ketones is 1. The topological polar surface area (TPSA) is 52.6 Å². The minimum absolute atomic E-state index is 0.0565. The summed E-state index contributed by atoms with van der Waals surface area (Å²) in [6.45, 7) is 5.87. The Labute approximate surface area is 142 Å². The molecule has 0 bridgehead atoms. The molecule has 0 atom stereocenters. The molecule has 2 aromatic rings. The van der Waals surface area contributed by atoms with Crippen LogP contribution in [0.25, 0.3) is 0 Å². The Morgan fingerprint density at radius 1 is 0.917 bits per heavy atom. The van der Waals surface area contributed by atoms with Gasteiger partial charge in [-0.15, -0.1) is 0 Å². The molecular weight excluding hydrogens is 304 g/mol. The first-order chi connectivity index (χ1) is 11.5. The van der Waals surface area contributed by atoms with Gasteiger partial charge in [0.1, 0.15) is 11.5 Å². The minimum Gasteiger partial charge on any atom is -0.482 e. The van der Waals surface area contributed by atoms with Crippen LogP contribution in [0.1, 0.15) is 49.0 Å². The third kappa shape index (κ3) is 4.95. The summed E-state index contributed by atoms with van der Waals surface area (Å²) in [5.74, 6) is 1.04. The second kappa shape index (κ2) is 8.29. The van der Waals surface area contributed by atoms with Crippen molar-refractivity contribution < 1.29 is 19.1 Å². The number of ether oxygens (including phenoxy) is 2. The molecule has 0 spiro atoms. The van der Waals surface area contributed by atoms with Gasteiger partial charge >= 0.3 is 5.97 Å². The first-order valence-electron chi connectivity index (χ1n) is 8.06. The van der Waals surface area contributed by atoms with Crippen molar-refractivity contribution in [2.45, 2.75) is 33.1 Å². The van der Waals surface area contributed by atoms with Crippen LogP contribution in [0.3, 0.4) is 0 Å². The van der Waals surface area contributed by atoms with E-state index in [-0.39, 0.29) is 12.4 Å². The van der Waals surface area contributed by atoms with Crippen LogP contribution in [0.5, 0.6) is 11.5 Å². The van der Waals surface area contributed by atoms with Crippen molar-refractivity contribution in [2.24, 2.45) is 0 Å². The highest BCUT2D eigenvalue weighted by Gasteiger charge is 2.08. The number of hydrogen-bond acceptors (Lipinski definition) is 4. The summed E-state index contributed by atoms with van der Waals surface area (Å²) < 4.78 is 10.6. The SMILES string of the molecule is CCC(=O)c1ccc(OC(=O)COc2ccc(C(C)C)cc2)cc1. The molecular formula is C20H22O4. The quantitative estimate of drug-likeness (QED) is 0.430. The lowest BCUT2D eigenvalue weighted by molar-refractivity contribution is -0.136. The first kappa shape index (κ1) is 17.7. The van der Waals surface area contributed by atoms with Gasteiger partial charge in [-0.2, -0.15) is 0 Å². The fourth-order valence-corrected chi connectivity index (χ4v) is 2.17. The lowest BCUT2D eigenvalue weighted by Crippen LogP contribution is -2.17. The van der Waals surface area contributed by atoms with Crippen molar-refractivity contribution in [3.05, 3.63) is 59.7 Å². The van der Waals surface area contributed by atoms with Gasteiger partial charge in [-0.3, -0.25) is 4.79 Å². The molecule has 0 N–H and O–H groups in total. The summed E-state index contributed by atoms with van der Waals surface area (Å²) in [6.07, 6.45) is 0.447. The molecule has 126 valence electrons. The van der Waals surface area contributed by atoms with E-state index in [1.54, 1.807) is 31.2 Å². The van der Waals surface area contributed by atoms with Crippen molar-refractivity contribution in [1.82, 2.24) is 0 Å². The van der Waals surface area contributed by atoms with Crippen LogP contribution in [-0.4, -0.2) is 18.4 Å². The fourth-order valence-electron chi connectivity index (χ4n) is 2.17. The average molecular weight is 326 g/mol. The maximum atomic E-state index is 11.8. The molecule has 2 rings (SSSR count). The Morgan fingerprint density at radius 2 is 1.50 bits per heavy atom. The predicted octanol–water partition coefficient (Wildman–Crippen LogP) is 4.39. The van der Waals surface area contributed by atoms with Gasteiger partial charge in [0.25, 0.3) is 0 Å². The highest BCUT2D eigenvalue weighted by molar-refractivity contribution is 5.95. The van der Waals surface area contributed by atoms with E-state index in [9.17, 15) is 9.59 Å². The van der Waals surface area contributed by atoms with Crippen LogP contribution in [0.15, 0.2) is 48.5 Å². The Balaban J connectivity index is 1.85. The third-order valence-electron chi connectivity index (χ3n) is 3.63. The highest BCUT2D eigenvalue weighted by atomic mass is 16.6. The molecule has 0 unspecified atom stereocenters. The molecule has 2 aromatic carbocycles. The van der Waals surface area contributed by atoms with Gasteiger partial charge in [0.2, 0.25) is 0 Å². The number of esters is 1. The molecule has 0 aliphatic rings. The van der Waals surface area contributed by atoms with E-state index in [4.69, 9.17) is 9.47 Å². The van der Waals surface area contributed by atoms with Gasteiger partial charge < -0.3 is 9.47 Å². The molecule has 4 nitrogen and oxygen atoms in total. The maximum Gasteiger partial charge on any atom is 0.349 e. The number of carbonyl (C=O) groups excluding carboxylic acids is 2. The highest BCUT2D eigenvalue weighted by Crippen LogP contribution is 2.19. The normalized spacial score (nSPS) is 10.5. The van der Waals surface area contributed by atoms with Gasteiger partial charge in [-0.1, -0.05) is 32.9 Å². The van der Waals surface area contributed by atoms with E-state index >= 15 is 0 Å². The van der Waals surface area contributed by atoms with Crippen molar-refractivity contribution in [2.75, 3.05) is 6.61 Å². The molecule has 24 heavy (non-hydrogen) atoms. The minimum atomic E-state index is -0.488. The van der Waals surface area contributed by atoms with Crippen LogP contribution in [0.4, 0.5) is 0 Å². The van der Waals surface area contributed by atoms with Crippen LogP contribution >= 0.6 is 0 Å². The zero-order chi connectivity index (χ0) is 17.5. The van der Waals surface area contributed by atoms with E-state index in [0.717, 1.165) is 0 Å². The van der Waals surface area contributed by atoms with Crippen LogP contribution in [-0.2, 0) is 4.79 Å². The Kier molecular flexibility index (Phi) is 6.13. The summed E-state index contributed by atoms with van der Waals surface area (Å²) >= 11 is 0. The number of carbonyl (C=O) groups is 2. The molecule has 0 amide bonds. The van der Waals surface area contributed by atoms with Gasteiger partial charge in [0, 0.05) is 12.0 Å². The first-order valence-corrected chi connectivity index (χ1v) is 8.06. The van der Waals surface area contributed by atoms with Crippen molar-refractivity contribution in [3.63, 3.8) is 0 Å². The molecule has 0 saturated heterocycles. The number of rotatable bonds is 7. The molecule has 0 saturated carbocycles. The van der Waals surface area contributed by atoms with Crippen LogP contribution < -0.4 is 9.47 Å². The lowest BCUT2D eigenvalue weighted by Gasteiger charge is -2.09. The summed E-state index contributed by atoms with van der Waals surface area (Å²) in [5.41, 5.74) is 1.82. The summed E-state index contributed by atoms with van der Waals surface area (Å²) in [7, 11) is 0. The van der Waals surface area contributed by atoms with Gasteiger partial charge in [0.05, 0.1) is 0 Å². The standard InChI is InChI=1S/C20H22O4/c1-4-19(21)16-7-11-18(12-8-16)24-20(22)13-23-17-9-5-15(6-10-17)14(2)3/h5-12,14H,4,13H2,1-3H3. The van der Waals surface area contributed by atoms with Gasteiger partial charge in [-0.05, 0) is 47.9 Å². The van der Waals surface area contributed by atoms with E-state index in [2.05, 4.69) is 13.8 Å². The molecule has 0 radical (unpaired) electrons. The summed E-state index contributed by atoms with van der Waals surface area (Å²) in [4.78, 5) is 23.4. The van der Waals surface area contributed by atoms with E-state index in [0.29, 0.717) is 29.4 Å². The predicted molar refractivity (Wildman–Crippen MR) is 92.7 cm³/mol. The Morgan fingerprint density at radius 3 is 2.04 bits per heavy atom. The third-order valence-corrected chi connectivity index (χ3v) is 3.63. The molecule has 4 heteroatoms. The smallest absolute Gasteiger partial charge is 0.349 e. The number of benzene rings is 2. The fraction of sp³-hybridized carbons (Fsp3) is 0.300. The maximum absolute atomic E-state index is 11.8. The summed E-state index contributed by atoms with van der Waals surface area (Å²) in [5, 5.41) is 0. The van der Waals surface area contributed by atoms with E-state index in [1.807, 2.05) is 24.3 Å². The second-order valence-corrected chi connectivity index (χ2v) is 5.79. The van der Waals surface area contributed by atoms with Crippen LogP contribution in [0.2, 0.25) is 0 Å². The number of Topliss-reactive ketones (excluding diaryl/α,β-unsaturated/α-hetero) is 1. The monoisotopic (exact) mass is 326 g/mol. The van der Waals surface area contributed by atoms with E-state index < -0.39 is 5.97 Å². The zero-order valence-corrected chi connectivity index (χ0v) is 14.2. The molecule has 0 heterocycles. The van der Waals surface area contributed by atoms with Crippen molar-refractivity contribution in [1.29, 1.82) is 0 Å². The van der Waals surface area contributed by atoms with E-state index in [1.165, 1.54) is 5.56 Å². The molecule has 0 aliphatic carbocycles. The van der Waals surface area contributed by atoms with Crippen molar-refractivity contribution in [3.8, 4) is 11.5 Å².